The van der Waals surface area contributed by atoms with Gasteiger partial charge < -0.3 is 11.1 Å². The van der Waals surface area contributed by atoms with Gasteiger partial charge in [0.15, 0.2) is 0 Å². The number of hydrogen-bond acceptors (Lipinski definition) is 4. The Kier molecular flexibility index (Phi) is 3.61. The molecule has 0 spiro atoms. The summed E-state index contributed by atoms with van der Waals surface area (Å²) in [7, 11) is 0. The number of nitrogens with one attached hydrogen (secondary N) is 1. The molecule has 0 aliphatic heterocycles. The maximum absolute atomic E-state index is 12.4. The third-order valence-corrected chi connectivity index (χ3v) is 4.92. The van der Waals surface area contributed by atoms with Crippen molar-refractivity contribution in [3.05, 3.63) is 46.8 Å². The summed E-state index contributed by atoms with van der Waals surface area (Å²) in [6.45, 7) is 0.224. The summed E-state index contributed by atoms with van der Waals surface area (Å²) < 4.78 is 1.75. The Labute approximate surface area is 135 Å². The predicted molar refractivity (Wildman–Crippen MR) is 85.7 cm³/mol. The molecule has 4 rings (SSSR count). The van der Waals surface area contributed by atoms with Gasteiger partial charge in [-0.05, 0) is 43.2 Å². The van der Waals surface area contributed by atoms with Crippen molar-refractivity contribution in [1.82, 2.24) is 20.3 Å². The standard InChI is InChI=1S/C17H21N5O/c18-17-12-6-2-1-5-11(12)9-14(17)19-16(23)10-22-15-8-4-3-7-13(15)20-21-22/h1-2,5-6,14,17H,3-4,7-10,18H2,(H,19,23)/t14-,17-/m1/s1. The summed E-state index contributed by atoms with van der Waals surface area (Å²) in [4.78, 5) is 12.4. The van der Waals surface area contributed by atoms with Crippen molar-refractivity contribution in [3.8, 4) is 0 Å². The normalized spacial score (nSPS) is 22.5. The van der Waals surface area contributed by atoms with E-state index in [9.17, 15) is 4.79 Å². The molecular formula is C17H21N5O. The minimum atomic E-state index is -0.139. The molecule has 0 fully saturated rings. The molecule has 2 aromatic rings. The van der Waals surface area contributed by atoms with Crippen molar-refractivity contribution in [2.24, 2.45) is 5.73 Å². The molecule has 0 radical (unpaired) electrons. The van der Waals surface area contributed by atoms with Crippen molar-refractivity contribution >= 4 is 5.91 Å². The molecule has 23 heavy (non-hydrogen) atoms. The largest absolute Gasteiger partial charge is 0.350 e. The molecule has 1 heterocycles. The summed E-state index contributed by atoms with van der Waals surface area (Å²) in [5.41, 5.74) is 10.8. The summed E-state index contributed by atoms with van der Waals surface area (Å²) in [5, 5.41) is 11.4. The van der Waals surface area contributed by atoms with Gasteiger partial charge in [0.25, 0.3) is 0 Å². The van der Waals surface area contributed by atoms with E-state index in [-0.39, 0.29) is 24.5 Å². The highest BCUT2D eigenvalue weighted by molar-refractivity contribution is 5.76. The smallest absolute Gasteiger partial charge is 0.242 e. The van der Waals surface area contributed by atoms with E-state index in [2.05, 4.69) is 21.7 Å². The van der Waals surface area contributed by atoms with Crippen molar-refractivity contribution < 1.29 is 4.79 Å². The second kappa shape index (κ2) is 5.77. The number of aromatic nitrogens is 3. The van der Waals surface area contributed by atoms with E-state index < -0.39 is 0 Å². The molecule has 0 saturated carbocycles. The number of benzene rings is 1. The number of amides is 1. The zero-order chi connectivity index (χ0) is 15.8. The molecule has 1 aromatic heterocycles. The van der Waals surface area contributed by atoms with Crippen LogP contribution >= 0.6 is 0 Å². The van der Waals surface area contributed by atoms with Crippen LogP contribution in [0.3, 0.4) is 0 Å². The van der Waals surface area contributed by atoms with Crippen molar-refractivity contribution in [3.63, 3.8) is 0 Å². The fourth-order valence-electron chi connectivity index (χ4n) is 3.70. The molecule has 2 aliphatic carbocycles. The number of carbonyl (C=O) groups excluding carboxylic acids is 1. The first-order valence-electron chi connectivity index (χ1n) is 8.26. The highest BCUT2D eigenvalue weighted by Gasteiger charge is 2.30. The van der Waals surface area contributed by atoms with Gasteiger partial charge in [0.1, 0.15) is 6.54 Å². The third kappa shape index (κ3) is 2.63. The lowest BCUT2D eigenvalue weighted by Crippen LogP contribution is -2.42. The first-order valence-corrected chi connectivity index (χ1v) is 8.26. The number of fused-ring (bicyclic) bond motifs is 2. The molecule has 120 valence electrons. The first kappa shape index (κ1) is 14.4. The minimum absolute atomic E-state index is 0.0424. The molecule has 2 aliphatic rings. The topological polar surface area (TPSA) is 85.8 Å². The molecule has 3 N–H and O–H groups in total. The van der Waals surface area contributed by atoms with Crippen LogP contribution in [0.2, 0.25) is 0 Å². The van der Waals surface area contributed by atoms with Crippen LogP contribution in [-0.2, 0) is 30.6 Å². The number of nitrogens with two attached hydrogens (primary N) is 1. The third-order valence-electron chi connectivity index (χ3n) is 4.92. The number of nitrogens with zero attached hydrogens (tertiary/aromatic N) is 3. The van der Waals surface area contributed by atoms with E-state index >= 15 is 0 Å². The van der Waals surface area contributed by atoms with Crippen molar-refractivity contribution in [2.45, 2.75) is 50.7 Å². The van der Waals surface area contributed by atoms with E-state index in [1.807, 2.05) is 18.2 Å². The summed E-state index contributed by atoms with van der Waals surface area (Å²) in [6.07, 6.45) is 5.03. The van der Waals surface area contributed by atoms with Gasteiger partial charge in [-0.15, -0.1) is 5.10 Å². The van der Waals surface area contributed by atoms with Gasteiger partial charge >= 0.3 is 0 Å². The fraction of sp³-hybridized carbons (Fsp3) is 0.471. The van der Waals surface area contributed by atoms with Crippen LogP contribution in [0.1, 0.15) is 41.4 Å². The lowest BCUT2D eigenvalue weighted by Gasteiger charge is -2.18. The molecule has 6 nitrogen and oxygen atoms in total. The molecule has 2 atom stereocenters. The zero-order valence-corrected chi connectivity index (χ0v) is 13.0. The zero-order valence-electron chi connectivity index (χ0n) is 13.0. The van der Waals surface area contributed by atoms with Crippen LogP contribution < -0.4 is 11.1 Å². The SMILES string of the molecule is N[C@@H]1c2ccccc2C[C@H]1NC(=O)Cn1nnc2c1CCCC2. The van der Waals surface area contributed by atoms with E-state index in [1.165, 1.54) is 5.56 Å². The average Bonchev–Trinajstić information content (AvgIpc) is 3.10. The van der Waals surface area contributed by atoms with Crippen LogP contribution in [0.4, 0.5) is 0 Å². The Morgan fingerprint density at radius 2 is 2.13 bits per heavy atom. The number of hydrogen-bond donors (Lipinski definition) is 2. The average molecular weight is 311 g/mol. The monoisotopic (exact) mass is 311 g/mol. The van der Waals surface area contributed by atoms with Crippen LogP contribution in [0, 0.1) is 0 Å². The Bertz CT molecular complexity index is 738. The van der Waals surface area contributed by atoms with Gasteiger partial charge in [-0.25, -0.2) is 4.68 Å². The molecule has 6 heteroatoms. The van der Waals surface area contributed by atoms with E-state index in [1.54, 1.807) is 4.68 Å². The first-order chi connectivity index (χ1) is 11.2. The highest BCUT2D eigenvalue weighted by Crippen LogP contribution is 2.29. The Morgan fingerprint density at radius 3 is 3.00 bits per heavy atom. The second-order valence-corrected chi connectivity index (χ2v) is 6.45. The molecule has 0 unspecified atom stereocenters. The van der Waals surface area contributed by atoms with Crippen LogP contribution in [0.5, 0.6) is 0 Å². The van der Waals surface area contributed by atoms with Gasteiger partial charge in [-0.2, -0.15) is 0 Å². The Morgan fingerprint density at radius 1 is 1.30 bits per heavy atom. The van der Waals surface area contributed by atoms with Crippen LogP contribution in [0.15, 0.2) is 24.3 Å². The molecule has 0 saturated heterocycles. The maximum Gasteiger partial charge on any atom is 0.242 e. The Hall–Kier alpha value is -2.21. The van der Waals surface area contributed by atoms with Crippen LogP contribution in [0.25, 0.3) is 0 Å². The maximum atomic E-state index is 12.4. The molecule has 1 amide bonds. The summed E-state index contributed by atoms with van der Waals surface area (Å²) in [5.74, 6) is -0.0449. The number of aryl methyl sites for hydroxylation is 1. The van der Waals surface area contributed by atoms with Gasteiger partial charge in [0.05, 0.1) is 23.5 Å². The molecule has 1 aromatic carbocycles. The van der Waals surface area contributed by atoms with Gasteiger partial charge in [-0.1, -0.05) is 29.5 Å². The summed E-state index contributed by atoms with van der Waals surface area (Å²) >= 11 is 0. The van der Waals surface area contributed by atoms with E-state index in [0.29, 0.717) is 0 Å². The highest BCUT2D eigenvalue weighted by atomic mass is 16.2. The van der Waals surface area contributed by atoms with E-state index in [0.717, 1.165) is 49.1 Å². The van der Waals surface area contributed by atoms with Crippen molar-refractivity contribution in [1.29, 1.82) is 0 Å². The van der Waals surface area contributed by atoms with Gasteiger partial charge in [-0.3, -0.25) is 4.79 Å². The van der Waals surface area contributed by atoms with Gasteiger partial charge in [0.2, 0.25) is 5.91 Å². The molecule has 0 bridgehead atoms. The second-order valence-electron chi connectivity index (χ2n) is 6.45. The van der Waals surface area contributed by atoms with Gasteiger partial charge in [0, 0.05) is 0 Å². The lowest BCUT2D eigenvalue weighted by molar-refractivity contribution is -0.122. The summed E-state index contributed by atoms with van der Waals surface area (Å²) in [6, 6.07) is 7.94. The lowest BCUT2D eigenvalue weighted by atomic mass is 10.0. The van der Waals surface area contributed by atoms with Crippen molar-refractivity contribution in [2.75, 3.05) is 0 Å². The Balaban J connectivity index is 1.43. The molecular weight excluding hydrogens is 290 g/mol. The quantitative estimate of drug-likeness (QED) is 0.882. The van der Waals surface area contributed by atoms with E-state index in [4.69, 9.17) is 5.73 Å². The van der Waals surface area contributed by atoms with Crippen LogP contribution in [-0.4, -0.2) is 26.9 Å². The number of rotatable bonds is 3. The fourth-order valence-corrected chi connectivity index (χ4v) is 3.70. The number of carbonyl (C=O) groups is 1. The predicted octanol–water partition coefficient (Wildman–Crippen LogP) is 0.898. The minimum Gasteiger partial charge on any atom is -0.350 e.